The van der Waals surface area contributed by atoms with Crippen molar-refractivity contribution in [1.29, 1.82) is 0 Å². The molecule has 2 aromatic rings. The van der Waals surface area contributed by atoms with E-state index in [9.17, 15) is 0 Å². The lowest BCUT2D eigenvalue weighted by molar-refractivity contribution is 0.554. The molecule has 0 amide bonds. The summed E-state index contributed by atoms with van der Waals surface area (Å²) in [7, 11) is 3.75. The highest BCUT2D eigenvalue weighted by molar-refractivity contribution is 7.10. The number of rotatable bonds is 5. The summed E-state index contributed by atoms with van der Waals surface area (Å²) in [5, 5.41) is 4.96. The van der Waals surface area contributed by atoms with Crippen LogP contribution >= 0.6 is 11.3 Å². The van der Waals surface area contributed by atoms with Gasteiger partial charge in [0.1, 0.15) is 0 Å². The summed E-state index contributed by atoms with van der Waals surface area (Å²) in [5.41, 5.74) is 1.52. The van der Waals surface area contributed by atoms with E-state index in [0.717, 1.165) is 17.8 Å². The fourth-order valence-corrected chi connectivity index (χ4v) is 3.92. The molecule has 0 saturated heterocycles. The Hall–Kier alpha value is -1.12. The molecule has 0 radical (unpaired) electrons. The van der Waals surface area contributed by atoms with Crippen LogP contribution in [0.5, 0.6) is 0 Å². The predicted molar refractivity (Wildman–Crippen MR) is 94.2 cm³/mol. The van der Waals surface area contributed by atoms with Crippen LogP contribution in [0.1, 0.15) is 48.5 Å². The highest BCUT2D eigenvalue weighted by Crippen LogP contribution is 2.53. The van der Waals surface area contributed by atoms with E-state index in [1.807, 2.05) is 25.4 Å². The van der Waals surface area contributed by atoms with E-state index in [1.54, 1.807) is 4.88 Å². The van der Waals surface area contributed by atoms with E-state index in [-0.39, 0.29) is 0 Å². The largest absolute Gasteiger partial charge is 0.323 e. The number of hydrogen-bond acceptors (Lipinski definition) is 2. The Morgan fingerprint density at radius 2 is 1.86 bits per heavy atom. The molecule has 114 valence electrons. The van der Waals surface area contributed by atoms with Gasteiger partial charge in [0.05, 0.1) is 0 Å². The maximum atomic E-state index is 2.75. The Morgan fingerprint density at radius 3 is 2.43 bits per heavy atom. The molecule has 1 fully saturated rings. The minimum absolute atomic E-state index is 0.751. The Kier molecular flexibility index (Phi) is 6.47. The zero-order valence-electron chi connectivity index (χ0n) is 13.4. The first-order valence-corrected chi connectivity index (χ1v) is 8.84. The van der Waals surface area contributed by atoms with Gasteiger partial charge in [-0.2, -0.15) is 0 Å². The lowest BCUT2D eigenvalue weighted by Crippen LogP contribution is -1.99. The van der Waals surface area contributed by atoms with E-state index < -0.39 is 0 Å². The van der Waals surface area contributed by atoms with Crippen LogP contribution in [0.4, 0.5) is 0 Å². The molecule has 0 bridgehead atoms. The van der Waals surface area contributed by atoms with Gasteiger partial charge in [-0.3, -0.25) is 0 Å². The highest BCUT2D eigenvalue weighted by Gasteiger charge is 2.39. The molecule has 1 N–H and O–H groups in total. The van der Waals surface area contributed by atoms with Crippen molar-refractivity contribution in [3.8, 4) is 0 Å². The van der Waals surface area contributed by atoms with Crippen molar-refractivity contribution in [2.24, 2.45) is 5.92 Å². The second kappa shape index (κ2) is 8.35. The summed E-state index contributed by atoms with van der Waals surface area (Å²) in [6, 6.07) is 15.5. The maximum absolute atomic E-state index is 2.75. The first-order chi connectivity index (χ1) is 10.3. The molecule has 1 heterocycles. The van der Waals surface area contributed by atoms with E-state index in [2.05, 4.69) is 60.1 Å². The molecule has 3 unspecified atom stereocenters. The zero-order chi connectivity index (χ0) is 15.1. The molecule has 1 saturated carbocycles. The molecule has 21 heavy (non-hydrogen) atoms. The molecule has 1 aliphatic carbocycles. The third-order valence-corrected chi connectivity index (χ3v) is 5.19. The molecule has 1 aromatic carbocycles. The molecule has 1 aliphatic rings. The van der Waals surface area contributed by atoms with Gasteiger partial charge in [-0.05, 0) is 68.1 Å². The minimum atomic E-state index is 0.751. The van der Waals surface area contributed by atoms with Gasteiger partial charge in [-0.25, -0.2) is 0 Å². The lowest BCUT2D eigenvalue weighted by atomic mass is 9.90. The van der Waals surface area contributed by atoms with Gasteiger partial charge in [0.25, 0.3) is 0 Å². The summed E-state index contributed by atoms with van der Waals surface area (Å²) in [6.07, 6.45) is 4.03. The van der Waals surface area contributed by atoms with E-state index in [4.69, 9.17) is 0 Å². The average Bonchev–Trinajstić information content (AvgIpc) is 3.07. The van der Waals surface area contributed by atoms with Crippen molar-refractivity contribution < 1.29 is 0 Å². The molecule has 1 nitrogen and oxygen atoms in total. The summed E-state index contributed by atoms with van der Waals surface area (Å²) < 4.78 is 0. The van der Waals surface area contributed by atoms with E-state index in [1.165, 1.54) is 24.8 Å². The second-order valence-electron chi connectivity index (χ2n) is 5.87. The monoisotopic (exact) mass is 301 g/mol. The Balaban J connectivity index is 0.000000497. The number of benzene rings is 1. The summed E-state index contributed by atoms with van der Waals surface area (Å²) >= 11 is 1.93. The van der Waals surface area contributed by atoms with Gasteiger partial charge in [0.15, 0.2) is 0 Å². The molecule has 0 spiro atoms. The predicted octanol–water partition coefficient (Wildman–Crippen LogP) is 5.27. The van der Waals surface area contributed by atoms with Gasteiger partial charge >= 0.3 is 0 Å². The van der Waals surface area contributed by atoms with Gasteiger partial charge < -0.3 is 5.32 Å². The van der Waals surface area contributed by atoms with Crippen molar-refractivity contribution in [2.75, 3.05) is 14.1 Å². The fourth-order valence-electron chi connectivity index (χ4n) is 2.99. The van der Waals surface area contributed by atoms with Crippen molar-refractivity contribution in [2.45, 2.75) is 38.0 Å². The van der Waals surface area contributed by atoms with Crippen molar-refractivity contribution in [3.63, 3.8) is 0 Å². The number of nitrogens with one attached hydrogen (secondary N) is 1. The van der Waals surface area contributed by atoms with E-state index in [0.29, 0.717) is 0 Å². The molecule has 2 heteroatoms. The standard InChI is InChI=1S/C17H20S.C2H7N/c1-2-13(14-7-4-3-5-8-14)11-15-12-16(15)17-9-6-10-18-17;1-3-2/h3-10,13,15-16H,2,11-12H2,1H3;3H,1-2H3. The average molecular weight is 301 g/mol. The first kappa shape index (κ1) is 16.3. The van der Waals surface area contributed by atoms with Crippen LogP contribution < -0.4 is 5.32 Å². The third-order valence-electron chi connectivity index (χ3n) is 4.18. The fraction of sp³-hybridized carbons (Fsp3) is 0.474. The van der Waals surface area contributed by atoms with Crippen molar-refractivity contribution in [1.82, 2.24) is 5.32 Å². The molecule has 0 aliphatic heterocycles. The van der Waals surface area contributed by atoms with E-state index >= 15 is 0 Å². The first-order valence-electron chi connectivity index (χ1n) is 7.96. The molecular weight excluding hydrogens is 274 g/mol. The van der Waals surface area contributed by atoms with Crippen molar-refractivity contribution >= 4 is 11.3 Å². The zero-order valence-corrected chi connectivity index (χ0v) is 14.2. The lowest BCUT2D eigenvalue weighted by Gasteiger charge is -2.15. The topological polar surface area (TPSA) is 12.0 Å². The SMILES string of the molecule is CCC(CC1CC1c1cccs1)c1ccccc1.CNC. The number of thiophene rings is 1. The van der Waals surface area contributed by atoms with Crippen LogP contribution in [-0.4, -0.2) is 14.1 Å². The van der Waals surface area contributed by atoms with Gasteiger partial charge in [-0.1, -0.05) is 43.3 Å². The van der Waals surface area contributed by atoms with Gasteiger partial charge in [0, 0.05) is 4.88 Å². The summed E-state index contributed by atoms with van der Waals surface area (Å²) in [4.78, 5) is 1.60. The number of hydrogen-bond donors (Lipinski definition) is 1. The maximum Gasteiger partial charge on any atom is 0.00790 e. The third kappa shape index (κ3) is 4.69. The van der Waals surface area contributed by atoms with Crippen LogP contribution in [0.25, 0.3) is 0 Å². The normalized spacial score (nSPS) is 21.3. The molecule has 3 rings (SSSR count). The Bertz CT molecular complexity index is 492. The molecule has 3 atom stereocenters. The van der Waals surface area contributed by atoms with Crippen molar-refractivity contribution in [3.05, 3.63) is 58.3 Å². The summed E-state index contributed by atoms with van der Waals surface area (Å²) in [5.74, 6) is 2.54. The van der Waals surface area contributed by atoms with Crippen LogP contribution in [-0.2, 0) is 0 Å². The van der Waals surface area contributed by atoms with Crippen LogP contribution in [0, 0.1) is 5.92 Å². The van der Waals surface area contributed by atoms with Crippen LogP contribution in [0.3, 0.4) is 0 Å². The molecule has 1 aromatic heterocycles. The smallest absolute Gasteiger partial charge is 0.00790 e. The highest BCUT2D eigenvalue weighted by atomic mass is 32.1. The minimum Gasteiger partial charge on any atom is -0.323 e. The van der Waals surface area contributed by atoms with Gasteiger partial charge in [-0.15, -0.1) is 11.3 Å². The Labute approximate surface area is 133 Å². The second-order valence-corrected chi connectivity index (χ2v) is 6.85. The quantitative estimate of drug-likeness (QED) is 0.793. The summed E-state index contributed by atoms with van der Waals surface area (Å²) in [6.45, 7) is 2.32. The van der Waals surface area contributed by atoms with Gasteiger partial charge in [0.2, 0.25) is 0 Å². The molecular formula is C19H27NS. The van der Waals surface area contributed by atoms with Crippen LogP contribution in [0.2, 0.25) is 0 Å². The Morgan fingerprint density at radius 1 is 1.14 bits per heavy atom. The van der Waals surface area contributed by atoms with Crippen LogP contribution in [0.15, 0.2) is 47.8 Å².